The SMILES string of the molecule is CCCCOc1ccc(C2SCC(c3ccc(CCC)cc3)CS2)cc1. The Hall–Kier alpha value is -1.06. The predicted octanol–water partition coefficient (Wildman–Crippen LogP) is 7.08. The molecule has 1 saturated heterocycles. The summed E-state index contributed by atoms with van der Waals surface area (Å²) < 4.78 is 6.33. The van der Waals surface area contributed by atoms with Crippen LogP contribution in [0.1, 0.15) is 60.3 Å². The average molecular weight is 387 g/mol. The number of hydrogen-bond donors (Lipinski definition) is 0. The van der Waals surface area contributed by atoms with Gasteiger partial charge in [0.25, 0.3) is 0 Å². The molecule has 1 aliphatic rings. The second kappa shape index (κ2) is 10.3. The fraction of sp³-hybridized carbons (Fsp3) is 0.478. The van der Waals surface area contributed by atoms with Gasteiger partial charge in [-0.3, -0.25) is 0 Å². The molecule has 1 fully saturated rings. The lowest BCUT2D eigenvalue weighted by molar-refractivity contribution is 0.309. The first-order chi connectivity index (χ1) is 12.8. The van der Waals surface area contributed by atoms with Crippen molar-refractivity contribution in [3.05, 3.63) is 65.2 Å². The molecule has 0 aliphatic carbocycles. The Balaban J connectivity index is 1.51. The van der Waals surface area contributed by atoms with Gasteiger partial charge in [-0.2, -0.15) is 0 Å². The van der Waals surface area contributed by atoms with Gasteiger partial charge in [0.15, 0.2) is 0 Å². The summed E-state index contributed by atoms with van der Waals surface area (Å²) in [4.78, 5) is 0. The number of ether oxygens (including phenoxy) is 1. The summed E-state index contributed by atoms with van der Waals surface area (Å²) in [5.74, 6) is 4.09. The molecule has 0 bridgehead atoms. The van der Waals surface area contributed by atoms with E-state index in [-0.39, 0.29) is 0 Å². The second-order valence-corrected chi connectivity index (χ2v) is 9.53. The van der Waals surface area contributed by atoms with Crippen LogP contribution in [0, 0.1) is 0 Å². The maximum Gasteiger partial charge on any atom is 0.119 e. The Kier molecular flexibility index (Phi) is 7.82. The molecule has 0 saturated carbocycles. The topological polar surface area (TPSA) is 9.23 Å². The van der Waals surface area contributed by atoms with E-state index >= 15 is 0 Å². The monoisotopic (exact) mass is 386 g/mol. The third-order valence-corrected chi connectivity index (χ3v) is 7.96. The van der Waals surface area contributed by atoms with Crippen molar-refractivity contribution in [2.45, 2.75) is 50.0 Å². The minimum atomic E-state index is 0.551. The van der Waals surface area contributed by atoms with E-state index in [9.17, 15) is 0 Å². The molecule has 26 heavy (non-hydrogen) atoms. The van der Waals surface area contributed by atoms with Gasteiger partial charge in [0, 0.05) is 17.4 Å². The summed E-state index contributed by atoms with van der Waals surface area (Å²) >= 11 is 4.17. The van der Waals surface area contributed by atoms with E-state index in [0.717, 1.165) is 18.8 Å². The average Bonchev–Trinajstić information content (AvgIpc) is 2.70. The van der Waals surface area contributed by atoms with E-state index in [0.29, 0.717) is 10.5 Å². The zero-order valence-electron chi connectivity index (χ0n) is 15.9. The fourth-order valence-electron chi connectivity index (χ4n) is 3.19. The van der Waals surface area contributed by atoms with E-state index in [1.54, 1.807) is 0 Å². The van der Waals surface area contributed by atoms with Gasteiger partial charge in [-0.05, 0) is 41.7 Å². The van der Waals surface area contributed by atoms with Crippen LogP contribution in [0.5, 0.6) is 5.75 Å². The first kappa shape index (κ1) is 19.7. The van der Waals surface area contributed by atoms with Gasteiger partial charge in [0.2, 0.25) is 0 Å². The van der Waals surface area contributed by atoms with Crippen LogP contribution in [-0.4, -0.2) is 18.1 Å². The smallest absolute Gasteiger partial charge is 0.119 e. The molecule has 0 N–H and O–H groups in total. The third-order valence-electron chi connectivity index (χ3n) is 4.81. The molecule has 0 atom stereocenters. The molecule has 1 aliphatic heterocycles. The molecule has 0 unspecified atom stereocenters. The molecule has 2 aromatic carbocycles. The molecule has 2 aromatic rings. The summed E-state index contributed by atoms with van der Waals surface area (Å²) in [6.45, 7) is 5.25. The molecule has 1 nitrogen and oxygen atoms in total. The standard InChI is InChI=1S/C23H30OS2/c1-3-5-15-24-22-13-11-20(12-14-22)23-25-16-21(17-26-23)19-9-7-18(6-4-2)8-10-19/h7-14,21,23H,3-6,15-17H2,1-2H3. The third kappa shape index (κ3) is 5.47. The number of thioether (sulfide) groups is 2. The van der Waals surface area contributed by atoms with Crippen molar-refractivity contribution in [3.63, 3.8) is 0 Å². The number of aryl methyl sites for hydroxylation is 1. The fourth-order valence-corrected chi connectivity index (χ4v) is 6.33. The van der Waals surface area contributed by atoms with E-state index in [2.05, 4.69) is 85.9 Å². The predicted molar refractivity (Wildman–Crippen MR) is 118 cm³/mol. The van der Waals surface area contributed by atoms with Gasteiger partial charge >= 0.3 is 0 Å². The highest BCUT2D eigenvalue weighted by Gasteiger charge is 2.24. The largest absolute Gasteiger partial charge is 0.494 e. The maximum absolute atomic E-state index is 5.78. The molecule has 3 heteroatoms. The summed E-state index contributed by atoms with van der Waals surface area (Å²) in [6, 6.07) is 18.1. The Morgan fingerprint density at radius 2 is 1.50 bits per heavy atom. The van der Waals surface area contributed by atoms with Crippen LogP contribution in [0.4, 0.5) is 0 Å². The summed E-state index contributed by atoms with van der Waals surface area (Å²) in [5, 5.41) is 0. The van der Waals surface area contributed by atoms with Crippen molar-refractivity contribution in [1.82, 2.24) is 0 Å². The summed E-state index contributed by atoms with van der Waals surface area (Å²) in [5.41, 5.74) is 4.38. The van der Waals surface area contributed by atoms with Crippen molar-refractivity contribution in [2.24, 2.45) is 0 Å². The lowest BCUT2D eigenvalue weighted by Gasteiger charge is -2.28. The van der Waals surface area contributed by atoms with Crippen molar-refractivity contribution in [3.8, 4) is 5.75 Å². The minimum absolute atomic E-state index is 0.551. The molecule has 0 spiro atoms. The summed E-state index contributed by atoms with van der Waals surface area (Å²) in [6.07, 6.45) is 4.71. The molecule has 0 aromatic heterocycles. The highest BCUT2D eigenvalue weighted by atomic mass is 32.2. The Bertz CT molecular complexity index is 643. The van der Waals surface area contributed by atoms with Crippen molar-refractivity contribution in [1.29, 1.82) is 0 Å². The molecular weight excluding hydrogens is 356 g/mol. The van der Waals surface area contributed by atoms with Crippen LogP contribution in [-0.2, 0) is 6.42 Å². The Morgan fingerprint density at radius 3 is 2.12 bits per heavy atom. The molecular formula is C23H30OS2. The van der Waals surface area contributed by atoms with E-state index in [1.807, 2.05) is 0 Å². The van der Waals surface area contributed by atoms with Gasteiger partial charge < -0.3 is 4.74 Å². The van der Waals surface area contributed by atoms with E-state index < -0.39 is 0 Å². The molecule has 3 rings (SSSR count). The van der Waals surface area contributed by atoms with Crippen LogP contribution in [0.15, 0.2) is 48.5 Å². The first-order valence-corrected chi connectivity index (χ1v) is 11.9. The molecule has 140 valence electrons. The van der Waals surface area contributed by atoms with Crippen LogP contribution in [0.3, 0.4) is 0 Å². The second-order valence-electron chi connectivity index (χ2n) is 6.96. The molecule has 0 radical (unpaired) electrons. The van der Waals surface area contributed by atoms with E-state index in [4.69, 9.17) is 4.74 Å². The van der Waals surface area contributed by atoms with Gasteiger partial charge in [-0.25, -0.2) is 0 Å². The van der Waals surface area contributed by atoms with Crippen LogP contribution >= 0.6 is 23.5 Å². The highest BCUT2D eigenvalue weighted by molar-refractivity contribution is 8.17. The summed E-state index contributed by atoms with van der Waals surface area (Å²) in [7, 11) is 0. The minimum Gasteiger partial charge on any atom is -0.494 e. The van der Waals surface area contributed by atoms with E-state index in [1.165, 1.54) is 47.5 Å². The number of benzene rings is 2. The Morgan fingerprint density at radius 1 is 0.846 bits per heavy atom. The normalized spacial score (nSPS) is 20.1. The van der Waals surface area contributed by atoms with Crippen molar-refractivity contribution in [2.75, 3.05) is 18.1 Å². The Labute approximate surface area is 167 Å². The zero-order valence-corrected chi connectivity index (χ0v) is 17.6. The maximum atomic E-state index is 5.78. The van der Waals surface area contributed by atoms with Gasteiger partial charge in [-0.1, -0.05) is 63.1 Å². The lowest BCUT2D eigenvalue weighted by atomic mass is 10.00. The first-order valence-electron chi connectivity index (χ1n) is 9.85. The molecule has 1 heterocycles. The van der Waals surface area contributed by atoms with Crippen LogP contribution in [0.25, 0.3) is 0 Å². The highest BCUT2D eigenvalue weighted by Crippen LogP contribution is 2.48. The van der Waals surface area contributed by atoms with Crippen LogP contribution in [0.2, 0.25) is 0 Å². The van der Waals surface area contributed by atoms with Gasteiger partial charge in [0.05, 0.1) is 11.2 Å². The zero-order chi connectivity index (χ0) is 18.2. The lowest BCUT2D eigenvalue weighted by Crippen LogP contribution is -2.12. The number of hydrogen-bond acceptors (Lipinski definition) is 3. The van der Waals surface area contributed by atoms with Gasteiger partial charge in [-0.15, -0.1) is 23.5 Å². The number of rotatable bonds is 8. The van der Waals surface area contributed by atoms with Gasteiger partial charge in [0.1, 0.15) is 5.75 Å². The van der Waals surface area contributed by atoms with Crippen molar-refractivity contribution >= 4 is 23.5 Å². The quantitative estimate of drug-likeness (QED) is 0.449. The van der Waals surface area contributed by atoms with Crippen LogP contribution < -0.4 is 4.74 Å². The number of unbranched alkanes of at least 4 members (excludes halogenated alkanes) is 1. The molecule has 0 amide bonds. The van der Waals surface area contributed by atoms with Crippen molar-refractivity contribution < 1.29 is 4.74 Å².